The van der Waals surface area contributed by atoms with Gasteiger partial charge in [-0.25, -0.2) is 0 Å². The molecular weight excluding hydrogens is 387 g/mol. The van der Waals surface area contributed by atoms with Crippen LogP contribution in [0.25, 0.3) is 0 Å². The second-order valence-electron chi connectivity index (χ2n) is 6.56. The molecule has 0 saturated heterocycles. The van der Waals surface area contributed by atoms with Crippen LogP contribution in [-0.2, 0) is 18.4 Å². The third-order valence-corrected chi connectivity index (χ3v) is 5.60. The van der Waals surface area contributed by atoms with Crippen molar-refractivity contribution >= 4 is 34.3 Å². The van der Waals surface area contributed by atoms with Crippen molar-refractivity contribution in [2.45, 2.75) is 51.4 Å². The number of benzene rings is 1. The molecule has 0 heterocycles. The molecule has 0 aliphatic heterocycles. The maximum Gasteiger partial charge on any atom is 0.225 e. The standard InChI is InChI=1S/C18H32NO4P3/c1-13(12-16(22-25)10-7-11-21-24)18(20)19(3)14(2)17(23-26)15-8-5-4-6-9-15/h4-6,8-9,13-14,16-17H,7,10-12,24-26H2,1-3H3/t13?,14-,16-,17+/m1/s1. The lowest BCUT2D eigenvalue weighted by Gasteiger charge is -2.33. The minimum absolute atomic E-state index is 0.0192. The highest BCUT2D eigenvalue weighted by molar-refractivity contribution is 7.10. The van der Waals surface area contributed by atoms with Crippen LogP contribution in [0.1, 0.15) is 44.8 Å². The van der Waals surface area contributed by atoms with Crippen LogP contribution in [0.15, 0.2) is 30.3 Å². The van der Waals surface area contributed by atoms with Gasteiger partial charge in [0.2, 0.25) is 5.91 Å². The van der Waals surface area contributed by atoms with Crippen LogP contribution in [0.4, 0.5) is 0 Å². The molecule has 0 spiro atoms. The molecule has 1 rings (SSSR count). The van der Waals surface area contributed by atoms with E-state index in [4.69, 9.17) is 13.6 Å². The summed E-state index contributed by atoms with van der Waals surface area (Å²) in [6.07, 6.45) is 2.25. The van der Waals surface area contributed by atoms with E-state index in [0.29, 0.717) is 13.0 Å². The first-order chi connectivity index (χ1) is 12.5. The first-order valence-corrected chi connectivity index (χ1v) is 10.2. The summed E-state index contributed by atoms with van der Waals surface area (Å²) in [7, 11) is 8.72. The number of likely N-dealkylation sites (N-methyl/N-ethyl adjacent to an activating group) is 1. The monoisotopic (exact) mass is 419 g/mol. The third kappa shape index (κ3) is 7.47. The molecule has 8 heteroatoms. The van der Waals surface area contributed by atoms with Crippen molar-refractivity contribution in [2.24, 2.45) is 5.92 Å². The van der Waals surface area contributed by atoms with Gasteiger partial charge in [-0.15, -0.1) is 0 Å². The molecule has 148 valence electrons. The summed E-state index contributed by atoms with van der Waals surface area (Å²) in [4.78, 5) is 14.7. The zero-order valence-corrected chi connectivity index (χ0v) is 19.3. The third-order valence-electron chi connectivity index (χ3n) is 4.69. The van der Waals surface area contributed by atoms with E-state index in [-0.39, 0.29) is 30.1 Å². The van der Waals surface area contributed by atoms with Gasteiger partial charge in [-0.1, -0.05) is 37.3 Å². The van der Waals surface area contributed by atoms with Crippen molar-refractivity contribution < 1.29 is 18.4 Å². The van der Waals surface area contributed by atoms with Gasteiger partial charge in [-0.2, -0.15) is 0 Å². The van der Waals surface area contributed by atoms with Gasteiger partial charge in [0, 0.05) is 41.4 Å². The highest BCUT2D eigenvalue weighted by atomic mass is 31.0. The Bertz CT molecular complexity index is 520. The number of carbonyl (C=O) groups excluding carboxylic acids is 1. The van der Waals surface area contributed by atoms with Crippen molar-refractivity contribution in [1.82, 2.24) is 4.90 Å². The molecule has 1 amide bonds. The van der Waals surface area contributed by atoms with Gasteiger partial charge >= 0.3 is 0 Å². The van der Waals surface area contributed by atoms with E-state index in [1.165, 1.54) is 0 Å². The fourth-order valence-electron chi connectivity index (χ4n) is 3.00. The van der Waals surface area contributed by atoms with E-state index in [1.54, 1.807) is 4.90 Å². The Morgan fingerprint density at radius 3 is 2.31 bits per heavy atom. The molecule has 0 saturated carbocycles. The maximum absolute atomic E-state index is 12.9. The smallest absolute Gasteiger partial charge is 0.225 e. The van der Waals surface area contributed by atoms with E-state index < -0.39 is 0 Å². The van der Waals surface area contributed by atoms with Gasteiger partial charge in [0.05, 0.1) is 18.8 Å². The molecule has 4 unspecified atom stereocenters. The molecular formula is C18H32NO4P3. The van der Waals surface area contributed by atoms with Gasteiger partial charge in [0.15, 0.2) is 0 Å². The van der Waals surface area contributed by atoms with Crippen LogP contribution in [0, 0.1) is 5.92 Å². The lowest BCUT2D eigenvalue weighted by Crippen LogP contribution is -2.42. The molecule has 0 aliphatic rings. The van der Waals surface area contributed by atoms with Crippen LogP contribution in [0.3, 0.4) is 0 Å². The first-order valence-electron chi connectivity index (χ1n) is 8.80. The number of nitrogens with zero attached hydrogens (tertiary/aromatic N) is 1. The molecule has 26 heavy (non-hydrogen) atoms. The molecule has 0 bridgehead atoms. The quantitative estimate of drug-likeness (QED) is 0.377. The van der Waals surface area contributed by atoms with Crippen molar-refractivity contribution in [1.29, 1.82) is 0 Å². The van der Waals surface area contributed by atoms with Crippen LogP contribution < -0.4 is 0 Å². The van der Waals surface area contributed by atoms with Crippen LogP contribution in [-0.4, -0.2) is 36.6 Å². The summed E-state index contributed by atoms with van der Waals surface area (Å²) >= 11 is 0. The van der Waals surface area contributed by atoms with Gasteiger partial charge in [-0.05, 0) is 31.7 Å². The zero-order chi connectivity index (χ0) is 19.5. The Kier molecular flexibility index (Phi) is 12.0. The second kappa shape index (κ2) is 13.1. The molecule has 0 aliphatic carbocycles. The van der Waals surface area contributed by atoms with E-state index in [9.17, 15) is 4.79 Å². The van der Waals surface area contributed by atoms with Gasteiger partial charge in [0.1, 0.15) is 6.10 Å². The molecule has 0 fully saturated rings. The minimum Gasteiger partial charge on any atom is -0.366 e. The average molecular weight is 419 g/mol. The Hall–Kier alpha value is -0.140. The Morgan fingerprint density at radius 2 is 1.77 bits per heavy atom. The van der Waals surface area contributed by atoms with Gasteiger partial charge in [0.25, 0.3) is 0 Å². The summed E-state index contributed by atoms with van der Waals surface area (Å²) in [6, 6.07) is 9.85. The number of hydrogen-bond acceptors (Lipinski definition) is 4. The molecule has 5 nitrogen and oxygen atoms in total. The highest BCUT2D eigenvalue weighted by Crippen LogP contribution is 2.28. The molecule has 7 atom stereocenters. The fraction of sp³-hybridized carbons (Fsp3) is 0.611. The van der Waals surface area contributed by atoms with Crippen molar-refractivity contribution in [3.63, 3.8) is 0 Å². The number of hydrogen-bond donors (Lipinski definition) is 0. The SMILES string of the molecule is CC(C[C@@H](CCCOP)OP)C(=O)N(C)[C@H](C)[C@H](OP)c1ccccc1. The largest absolute Gasteiger partial charge is 0.366 e. The van der Waals surface area contributed by atoms with Crippen LogP contribution in [0.5, 0.6) is 0 Å². The summed E-state index contributed by atoms with van der Waals surface area (Å²) in [5.74, 6) is -0.0410. The first kappa shape index (κ1) is 23.9. The van der Waals surface area contributed by atoms with Gasteiger partial charge < -0.3 is 18.5 Å². The van der Waals surface area contributed by atoms with E-state index in [0.717, 1.165) is 18.4 Å². The average Bonchev–Trinajstić information content (AvgIpc) is 2.67. The molecule has 0 aromatic heterocycles. The molecule has 0 radical (unpaired) electrons. The van der Waals surface area contributed by atoms with Crippen LogP contribution in [0.2, 0.25) is 0 Å². The summed E-state index contributed by atoms with van der Waals surface area (Å²) < 4.78 is 16.1. The number of rotatable bonds is 12. The van der Waals surface area contributed by atoms with E-state index in [1.807, 2.05) is 51.2 Å². The summed E-state index contributed by atoms with van der Waals surface area (Å²) in [5, 5.41) is 0. The molecule has 1 aromatic rings. The lowest BCUT2D eigenvalue weighted by atomic mass is 9.97. The molecule has 0 N–H and O–H groups in total. The highest BCUT2D eigenvalue weighted by Gasteiger charge is 2.29. The fourth-order valence-corrected chi connectivity index (χ4v) is 3.79. The Morgan fingerprint density at radius 1 is 1.12 bits per heavy atom. The van der Waals surface area contributed by atoms with Crippen molar-refractivity contribution in [3.8, 4) is 0 Å². The normalized spacial score (nSPS) is 15.9. The summed E-state index contributed by atoms with van der Waals surface area (Å²) in [5.41, 5.74) is 1.05. The zero-order valence-electron chi connectivity index (χ0n) is 15.8. The lowest BCUT2D eigenvalue weighted by molar-refractivity contribution is -0.138. The predicted octanol–water partition coefficient (Wildman–Crippen LogP) is 4.17. The number of carbonyl (C=O) groups is 1. The second-order valence-corrected chi connectivity index (χ2v) is 7.44. The predicted molar refractivity (Wildman–Crippen MR) is 115 cm³/mol. The maximum atomic E-state index is 12.9. The topological polar surface area (TPSA) is 48.0 Å². The number of amides is 1. The van der Waals surface area contributed by atoms with E-state index >= 15 is 0 Å². The van der Waals surface area contributed by atoms with E-state index in [2.05, 4.69) is 28.4 Å². The minimum atomic E-state index is -0.199. The summed E-state index contributed by atoms with van der Waals surface area (Å²) in [6.45, 7) is 4.62. The molecule has 1 aromatic carbocycles. The Labute approximate surface area is 164 Å². The van der Waals surface area contributed by atoms with Gasteiger partial charge in [-0.3, -0.25) is 4.79 Å². The van der Waals surface area contributed by atoms with Crippen LogP contribution >= 0.6 is 28.4 Å². The van der Waals surface area contributed by atoms with Crippen molar-refractivity contribution in [2.75, 3.05) is 13.7 Å². The Balaban J connectivity index is 2.68. The van der Waals surface area contributed by atoms with Crippen molar-refractivity contribution in [3.05, 3.63) is 35.9 Å².